The maximum atomic E-state index is 14.7. The number of likely N-dealkylation sites (tertiary alicyclic amines) is 1. The summed E-state index contributed by atoms with van der Waals surface area (Å²) in [5.74, 6) is -3.58. The van der Waals surface area contributed by atoms with E-state index in [2.05, 4.69) is 20.8 Å². The Kier molecular flexibility index (Phi) is 10.2. The first-order valence-electron chi connectivity index (χ1n) is 16.4. The van der Waals surface area contributed by atoms with Crippen molar-refractivity contribution in [2.75, 3.05) is 66.1 Å². The number of β-amino-alcohol motifs (C(OH)–C–C–N with tert-alkyl or cyclic N) is 1. The molecule has 6 rings (SSSR count). The summed E-state index contributed by atoms with van der Waals surface area (Å²) in [6.45, 7) is 5.41. The van der Waals surface area contributed by atoms with Gasteiger partial charge in [0.05, 0.1) is 31.8 Å². The topological polar surface area (TPSA) is 129 Å². The van der Waals surface area contributed by atoms with E-state index in [1.54, 1.807) is 22.9 Å². The van der Waals surface area contributed by atoms with E-state index in [1.807, 2.05) is 49.4 Å². The first-order valence-corrected chi connectivity index (χ1v) is 17.2. The van der Waals surface area contributed by atoms with E-state index in [1.165, 1.54) is 4.90 Å². The minimum absolute atomic E-state index is 0.0849. The number of amides is 3. The fourth-order valence-electron chi connectivity index (χ4n) is 7.59. The number of esters is 1. The number of carbonyl (C=O) groups excluding carboxylic acids is 4. The molecule has 3 saturated heterocycles. The second-order valence-electron chi connectivity index (χ2n) is 12.8. The Morgan fingerprint density at radius 1 is 0.979 bits per heavy atom. The van der Waals surface area contributed by atoms with E-state index in [4.69, 9.17) is 14.2 Å². The van der Waals surface area contributed by atoms with Gasteiger partial charge in [-0.25, -0.2) is 0 Å². The lowest BCUT2D eigenvalue weighted by Crippen LogP contribution is -2.57. The number of likely N-dealkylation sites (N-methyl/N-ethyl adjacent to an activating group) is 1. The van der Waals surface area contributed by atoms with Gasteiger partial charge in [0.25, 0.3) is 0 Å². The largest absolute Gasteiger partial charge is 0.455 e. The molecule has 1 aromatic carbocycles. The van der Waals surface area contributed by atoms with Gasteiger partial charge in [-0.05, 0) is 25.0 Å². The molecular formula is C34H43BrN4O8. The molecule has 7 atom stereocenters. The number of aliphatic hydroxyl groups excluding tert-OH is 1. The molecule has 12 nitrogen and oxygen atoms in total. The normalized spacial score (nSPS) is 34.5. The molecule has 1 spiro atoms. The third-order valence-electron chi connectivity index (χ3n) is 10.2. The van der Waals surface area contributed by atoms with Crippen molar-refractivity contribution >= 4 is 39.6 Å². The summed E-state index contributed by atoms with van der Waals surface area (Å²) in [5.41, 5.74) is -0.714. The Balaban J connectivity index is 1.39. The summed E-state index contributed by atoms with van der Waals surface area (Å²) in [4.78, 5) is 63.4. The van der Waals surface area contributed by atoms with Crippen molar-refractivity contribution in [1.29, 1.82) is 0 Å². The summed E-state index contributed by atoms with van der Waals surface area (Å²) in [6.07, 6.45) is 4.61. The van der Waals surface area contributed by atoms with E-state index in [-0.39, 0.29) is 37.9 Å². The van der Waals surface area contributed by atoms with Crippen LogP contribution in [0, 0.1) is 11.8 Å². The average molecular weight is 716 g/mol. The summed E-state index contributed by atoms with van der Waals surface area (Å²) < 4.78 is 18.9. The maximum absolute atomic E-state index is 14.7. The Labute approximate surface area is 283 Å². The van der Waals surface area contributed by atoms with Gasteiger partial charge in [0, 0.05) is 57.2 Å². The highest BCUT2D eigenvalue weighted by atomic mass is 79.9. The number of hydrogen-bond acceptors (Lipinski definition) is 9. The first kappa shape index (κ1) is 33.8. The summed E-state index contributed by atoms with van der Waals surface area (Å²) in [5, 5.41) is 10.0. The molecule has 0 radical (unpaired) electrons. The molecule has 3 fully saturated rings. The van der Waals surface area contributed by atoms with Gasteiger partial charge in [0.1, 0.15) is 29.8 Å². The van der Waals surface area contributed by atoms with Crippen molar-refractivity contribution < 1.29 is 38.5 Å². The van der Waals surface area contributed by atoms with Crippen LogP contribution < -0.4 is 0 Å². The minimum Gasteiger partial charge on any atom is -0.455 e. The van der Waals surface area contributed by atoms with Crippen LogP contribution in [-0.4, -0.2) is 138 Å². The molecule has 47 heavy (non-hydrogen) atoms. The minimum atomic E-state index is -1.42. The standard InChI is InChI=1S/C34H43BrN4O8/c1-22-28(23-9-5-3-6-10-23)46-33(44)26-27-31(42)39(15-18-40)30(34(27)21-24(35)29(26)47-34)32(43)38(14-13-37-16-19-45-20-17-37)12-8-4-7-11-25(41)36(22)2/h3-6,8-10,21-22,26-30,40H,7,11-20H2,1-2H3/b8-4-/t22-,26+,27-,28+,29+,30+,34-/m0/s1. The summed E-state index contributed by atoms with van der Waals surface area (Å²) in [7, 11) is 1.70. The van der Waals surface area contributed by atoms with E-state index < -0.39 is 53.6 Å². The fourth-order valence-corrected chi connectivity index (χ4v) is 8.33. The monoisotopic (exact) mass is 714 g/mol. The molecular weight excluding hydrogens is 672 g/mol. The number of carbonyl (C=O) groups is 4. The van der Waals surface area contributed by atoms with Gasteiger partial charge in [0.15, 0.2) is 0 Å². The molecule has 1 N–H and O–H groups in total. The van der Waals surface area contributed by atoms with Crippen molar-refractivity contribution in [1.82, 2.24) is 19.6 Å². The maximum Gasteiger partial charge on any atom is 0.313 e. The van der Waals surface area contributed by atoms with Crippen LogP contribution in [0.1, 0.15) is 31.4 Å². The van der Waals surface area contributed by atoms with Crippen LogP contribution in [0.25, 0.3) is 0 Å². The molecule has 13 heteroatoms. The van der Waals surface area contributed by atoms with Gasteiger partial charge in [0.2, 0.25) is 17.7 Å². The number of ether oxygens (including phenoxy) is 3. The molecule has 254 valence electrons. The third-order valence-corrected chi connectivity index (χ3v) is 10.9. The molecule has 5 aliphatic rings. The number of halogens is 1. The van der Waals surface area contributed by atoms with E-state index in [0.717, 1.165) is 13.1 Å². The number of aliphatic hydroxyl groups is 1. The smallest absolute Gasteiger partial charge is 0.313 e. The van der Waals surface area contributed by atoms with Crippen molar-refractivity contribution in [3.8, 4) is 0 Å². The van der Waals surface area contributed by atoms with E-state index >= 15 is 0 Å². The van der Waals surface area contributed by atoms with Crippen molar-refractivity contribution in [3.05, 3.63) is 58.6 Å². The molecule has 0 unspecified atom stereocenters. The number of cyclic esters (lactones) is 1. The number of allylic oxidation sites excluding steroid dienone is 1. The highest BCUT2D eigenvalue weighted by molar-refractivity contribution is 9.11. The number of morpholine rings is 1. The Bertz CT molecular complexity index is 1420. The first-order chi connectivity index (χ1) is 22.7. The number of hydrogen-bond donors (Lipinski definition) is 1. The molecule has 0 aliphatic carbocycles. The predicted molar refractivity (Wildman–Crippen MR) is 174 cm³/mol. The van der Waals surface area contributed by atoms with Crippen LogP contribution in [0.5, 0.6) is 0 Å². The lowest BCUT2D eigenvalue weighted by atomic mass is 9.74. The van der Waals surface area contributed by atoms with Gasteiger partial charge < -0.3 is 34.0 Å². The van der Waals surface area contributed by atoms with Crippen molar-refractivity contribution in [2.24, 2.45) is 11.8 Å². The van der Waals surface area contributed by atoms with E-state index in [0.29, 0.717) is 42.8 Å². The van der Waals surface area contributed by atoms with Gasteiger partial charge >= 0.3 is 5.97 Å². The van der Waals surface area contributed by atoms with Crippen molar-refractivity contribution in [2.45, 2.75) is 49.7 Å². The molecule has 5 heterocycles. The van der Waals surface area contributed by atoms with Crippen LogP contribution >= 0.6 is 15.9 Å². The number of benzene rings is 1. The van der Waals surface area contributed by atoms with Gasteiger partial charge in [-0.15, -0.1) is 0 Å². The zero-order valence-corrected chi connectivity index (χ0v) is 28.4. The number of rotatable bonds is 6. The van der Waals surface area contributed by atoms with Crippen molar-refractivity contribution in [3.63, 3.8) is 0 Å². The van der Waals surface area contributed by atoms with Gasteiger partial charge in [-0.3, -0.25) is 24.1 Å². The quantitative estimate of drug-likeness (QED) is 0.344. The van der Waals surface area contributed by atoms with Gasteiger partial charge in [-0.1, -0.05) is 58.4 Å². The predicted octanol–water partition coefficient (Wildman–Crippen LogP) is 1.49. The van der Waals surface area contributed by atoms with Crippen LogP contribution in [0.15, 0.2) is 53.0 Å². The molecule has 5 aliphatic heterocycles. The zero-order valence-electron chi connectivity index (χ0n) is 26.8. The molecule has 3 amide bonds. The second kappa shape index (κ2) is 14.2. The SMILES string of the molecule is C[C@H]1[C@H](c2ccccc2)OC(=O)[C@H]2[C@@H]3O[C@@]4(C=C3Br)[C@@H]2C(=O)N(CCO)[C@@H]4C(=O)N(CCN2CCOCC2)C/C=C\CCC(=O)N1C. The fraction of sp³-hybridized carbons (Fsp3) is 0.588. The molecule has 0 aromatic heterocycles. The lowest BCUT2D eigenvalue weighted by molar-refractivity contribution is -0.164. The molecule has 0 saturated carbocycles. The Morgan fingerprint density at radius 3 is 2.45 bits per heavy atom. The van der Waals surface area contributed by atoms with Crippen LogP contribution in [0.4, 0.5) is 0 Å². The van der Waals surface area contributed by atoms with Crippen LogP contribution in [0.3, 0.4) is 0 Å². The summed E-state index contributed by atoms with van der Waals surface area (Å²) >= 11 is 3.58. The van der Waals surface area contributed by atoms with E-state index in [9.17, 15) is 24.3 Å². The molecule has 5 bridgehead atoms. The van der Waals surface area contributed by atoms with Crippen LogP contribution in [-0.2, 0) is 33.4 Å². The second-order valence-corrected chi connectivity index (χ2v) is 13.8. The zero-order chi connectivity index (χ0) is 33.3. The number of nitrogens with zero attached hydrogens (tertiary/aromatic N) is 4. The lowest BCUT2D eigenvalue weighted by Gasteiger charge is -2.36. The number of fused-ring (bicyclic) bond motifs is 2. The Hall–Kier alpha value is -3.10. The van der Waals surface area contributed by atoms with Gasteiger partial charge in [-0.2, -0.15) is 0 Å². The third kappa shape index (κ3) is 6.28. The highest BCUT2D eigenvalue weighted by Gasteiger charge is 2.75. The average Bonchev–Trinajstić information content (AvgIpc) is 3.67. The van der Waals surface area contributed by atoms with Crippen LogP contribution in [0.2, 0.25) is 0 Å². The highest BCUT2D eigenvalue weighted by Crippen LogP contribution is 2.59. The Morgan fingerprint density at radius 2 is 1.72 bits per heavy atom. The summed E-state index contributed by atoms with van der Waals surface area (Å²) in [6, 6.07) is 7.62. The molecule has 1 aromatic rings.